The fraction of sp³-hybridized carbons (Fsp3) is 0. The van der Waals surface area contributed by atoms with E-state index in [0.717, 1.165) is 16.7 Å². The van der Waals surface area contributed by atoms with E-state index >= 15 is 0 Å². The number of hydrogen-bond acceptors (Lipinski definition) is 1. The maximum Gasteiger partial charge on any atom is 0.145 e. The first-order valence-corrected chi connectivity index (χ1v) is 6.26. The molecule has 89 valence electrons. The van der Waals surface area contributed by atoms with Crippen molar-refractivity contribution in [2.24, 2.45) is 0 Å². The fourth-order valence-corrected chi connectivity index (χ4v) is 2.47. The van der Waals surface area contributed by atoms with Gasteiger partial charge < -0.3 is 0 Å². The van der Waals surface area contributed by atoms with Crippen LogP contribution < -0.4 is 0 Å². The zero-order chi connectivity index (χ0) is 12.7. The highest BCUT2D eigenvalue weighted by atomic mass is 15.0. The zero-order valence-corrected chi connectivity index (χ0v) is 10.2. The van der Waals surface area contributed by atoms with Crippen LogP contribution in [0.3, 0.4) is 0 Å². The van der Waals surface area contributed by atoms with Crippen LogP contribution in [0.4, 0.5) is 0 Å². The highest BCUT2D eigenvalue weighted by Crippen LogP contribution is 2.24. The van der Waals surface area contributed by atoms with Gasteiger partial charge in [-0.05, 0) is 23.6 Å². The van der Waals surface area contributed by atoms with E-state index in [2.05, 4.69) is 35.4 Å². The molecule has 0 atom stereocenters. The Balaban J connectivity index is 2.10. The Bertz CT molecular complexity index is 869. The summed E-state index contributed by atoms with van der Waals surface area (Å²) in [5, 5.41) is 3.51. The maximum absolute atomic E-state index is 4.53. The monoisotopic (exact) mass is 243 g/mol. The number of rotatable bonds is 1. The molecule has 1 radical (unpaired) electrons. The van der Waals surface area contributed by atoms with Gasteiger partial charge in [0.15, 0.2) is 0 Å². The van der Waals surface area contributed by atoms with Gasteiger partial charge in [0.05, 0.1) is 11.7 Å². The van der Waals surface area contributed by atoms with Crippen molar-refractivity contribution in [3.05, 3.63) is 73.1 Å². The lowest BCUT2D eigenvalue weighted by Gasteiger charge is -2.07. The standard InChI is InChI=1S/C17H11N2/c1-3-7-15-13(5-1)9-11-18-17(15)19-12-10-14-6-2-4-8-16(14)19/h1-11H. The van der Waals surface area contributed by atoms with Gasteiger partial charge >= 0.3 is 0 Å². The highest BCUT2D eigenvalue weighted by Gasteiger charge is 2.07. The van der Waals surface area contributed by atoms with Crippen molar-refractivity contribution in [2.45, 2.75) is 0 Å². The van der Waals surface area contributed by atoms with Crippen molar-refractivity contribution in [1.29, 1.82) is 0 Å². The smallest absolute Gasteiger partial charge is 0.145 e. The largest absolute Gasteiger partial charge is 0.292 e. The minimum absolute atomic E-state index is 0.930. The first-order chi connectivity index (χ1) is 9.43. The number of para-hydroxylation sites is 1. The molecule has 0 aliphatic heterocycles. The summed E-state index contributed by atoms with van der Waals surface area (Å²) in [6.45, 7) is 0. The first-order valence-electron chi connectivity index (χ1n) is 6.26. The quantitative estimate of drug-likeness (QED) is 0.494. The van der Waals surface area contributed by atoms with E-state index in [9.17, 15) is 0 Å². The molecule has 4 aromatic rings. The Morgan fingerprint density at radius 2 is 1.63 bits per heavy atom. The summed E-state index contributed by atoms with van der Waals surface area (Å²) in [5.41, 5.74) is 1.13. The molecule has 0 saturated heterocycles. The van der Waals surface area contributed by atoms with Crippen LogP contribution in [0.1, 0.15) is 0 Å². The van der Waals surface area contributed by atoms with Gasteiger partial charge in [0, 0.05) is 17.0 Å². The molecule has 0 aliphatic rings. The van der Waals surface area contributed by atoms with Gasteiger partial charge in [-0.1, -0.05) is 42.5 Å². The van der Waals surface area contributed by atoms with Gasteiger partial charge in [-0.3, -0.25) is 4.57 Å². The topological polar surface area (TPSA) is 17.8 Å². The predicted octanol–water partition coefficient (Wildman–Crippen LogP) is 3.98. The number of nitrogens with zero attached hydrogens (tertiary/aromatic N) is 2. The second kappa shape index (κ2) is 3.95. The molecule has 0 spiro atoms. The third-order valence-corrected chi connectivity index (χ3v) is 3.39. The van der Waals surface area contributed by atoms with E-state index in [4.69, 9.17) is 0 Å². The Morgan fingerprint density at radius 1 is 0.842 bits per heavy atom. The summed E-state index contributed by atoms with van der Waals surface area (Å²) in [7, 11) is 0. The molecule has 0 saturated carbocycles. The molecule has 0 amide bonds. The third-order valence-electron chi connectivity index (χ3n) is 3.39. The van der Waals surface area contributed by atoms with Crippen LogP contribution in [-0.4, -0.2) is 9.55 Å². The summed E-state index contributed by atoms with van der Waals surface area (Å²) >= 11 is 0. The number of fused-ring (bicyclic) bond motifs is 2. The van der Waals surface area contributed by atoms with Gasteiger partial charge in [0.2, 0.25) is 0 Å². The molecule has 19 heavy (non-hydrogen) atoms. The number of benzene rings is 2. The summed E-state index contributed by atoms with van der Waals surface area (Å²) < 4.78 is 2.03. The van der Waals surface area contributed by atoms with Crippen molar-refractivity contribution in [3.63, 3.8) is 0 Å². The number of aromatic nitrogens is 2. The SMILES string of the molecule is [c]1cc2ccccc2n1-c1nccc2ccccc12. The van der Waals surface area contributed by atoms with Gasteiger partial charge in [0.25, 0.3) is 0 Å². The molecule has 4 rings (SSSR count). The van der Waals surface area contributed by atoms with E-state index in [0.29, 0.717) is 0 Å². The lowest BCUT2D eigenvalue weighted by Crippen LogP contribution is -1.96. The summed E-state index contributed by atoms with van der Waals surface area (Å²) in [6, 6.07) is 20.6. The van der Waals surface area contributed by atoms with Gasteiger partial charge in [-0.15, -0.1) is 0 Å². The molecule has 0 bridgehead atoms. The molecular weight excluding hydrogens is 232 g/mol. The number of pyridine rings is 1. The van der Waals surface area contributed by atoms with Crippen molar-refractivity contribution in [1.82, 2.24) is 9.55 Å². The van der Waals surface area contributed by atoms with Crippen molar-refractivity contribution >= 4 is 21.7 Å². The lowest BCUT2D eigenvalue weighted by molar-refractivity contribution is 1.05. The van der Waals surface area contributed by atoms with E-state index in [-0.39, 0.29) is 0 Å². The van der Waals surface area contributed by atoms with Crippen molar-refractivity contribution in [2.75, 3.05) is 0 Å². The van der Waals surface area contributed by atoms with Gasteiger partial charge in [0.1, 0.15) is 5.82 Å². The van der Waals surface area contributed by atoms with E-state index in [1.54, 1.807) is 0 Å². The molecule has 0 unspecified atom stereocenters. The molecule has 0 N–H and O–H groups in total. The van der Waals surface area contributed by atoms with Crippen LogP contribution in [0.15, 0.2) is 66.9 Å². The van der Waals surface area contributed by atoms with Gasteiger partial charge in [-0.25, -0.2) is 4.98 Å². The summed E-state index contributed by atoms with van der Waals surface area (Å²) in [5.74, 6) is 0.930. The van der Waals surface area contributed by atoms with Crippen molar-refractivity contribution in [3.8, 4) is 5.82 Å². The molecular formula is C17H11N2. The second-order valence-electron chi connectivity index (χ2n) is 4.52. The van der Waals surface area contributed by atoms with Crippen LogP contribution in [-0.2, 0) is 0 Å². The molecule has 2 heterocycles. The molecule has 2 aromatic heterocycles. The van der Waals surface area contributed by atoms with Crippen LogP contribution in [0.2, 0.25) is 0 Å². The number of hydrogen-bond donors (Lipinski definition) is 0. The Labute approximate surface area is 110 Å². The van der Waals surface area contributed by atoms with E-state index in [1.165, 1.54) is 10.8 Å². The summed E-state index contributed by atoms with van der Waals surface area (Å²) in [6.07, 6.45) is 5.12. The second-order valence-corrected chi connectivity index (χ2v) is 4.52. The first kappa shape index (κ1) is 10.3. The Kier molecular flexibility index (Phi) is 2.15. The van der Waals surface area contributed by atoms with Crippen LogP contribution >= 0.6 is 0 Å². The molecule has 2 aromatic carbocycles. The Hall–Kier alpha value is -2.61. The van der Waals surface area contributed by atoms with Crippen LogP contribution in [0, 0.1) is 6.20 Å². The fourth-order valence-electron chi connectivity index (χ4n) is 2.47. The third kappa shape index (κ3) is 1.54. The van der Waals surface area contributed by atoms with E-state index in [1.807, 2.05) is 47.2 Å². The van der Waals surface area contributed by atoms with Gasteiger partial charge in [-0.2, -0.15) is 0 Å². The van der Waals surface area contributed by atoms with E-state index < -0.39 is 0 Å². The highest BCUT2D eigenvalue weighted by molar-refractivity contribution is 5.91. The molecule has 0 aliphatic carbocycles. The minimum atomic E-state index is 0.930. The Morgan fingerprint density at radius 3 is 2.58 bits per heavy atom. The van der Waals surface area contributed by atoms with Crippen LogP contribution in [0.25, 0.3) is 27.5 Å². The lowest BCUT2D eigenvalue weighted by atomic mass is 10.1. The zero-order valence-electron chi connectivity index (χ0n) is 10.2. The predicted molar refractivity (Wildman–Crippen MR) is 77.4 cm³/mol. The average molecular weight is 243 g/mol. The average Bonchev–Trinajstić information content (AvgIpc) is 2.90. The van der Waals surface area contributed by atoms with Crippen molar-refractivity contribution < 1.29 is 0 Å². The molecule has 2 heteroatoms. The maximum atomic E-state index is 4.53. The summed E-state index contributed by atoms with van der Waals surface area (Å²) in [4.78, 5) is 4.53. The normalized spacial score (nSPS) is 11.2. The van der Waals surface area contributed by atoms with Crippen LogP contribution in [0.5, 0.6) is 0 Å². The molecule has 2 nitrogen and oxygen atoms in total. The minimum Gasteiger partial charge on any atom is -0.292 e. The molecule has 0 fully saturated rings.